The zero-order chi connectivity index (χ0) is 19.2. The molecule has 0 saturated heterocycles. The molecule has 2 N–H and O–H groups in total. The second-order valence-electron chi connectivity index (χ2n) is 6.52. The Morgan fingerprint density at radius 3 is 2.81 bits per heavy atom. The molecule has 0 bridgehead atoms. The van der Waals surface area contributed by atoms with Gasteiger partial charge in [0.1, 0.15) is 11.6 Å². The third-order valence-corrected chi connectivity index (χ3v) is 5.17. The van der Waals surface area contributed by atoms with Gasteiger partial charge in [-0.05, 0) is 31.4 Å². The minimum absolute atomic E-state index is 0.286. The summed E-state index contributed by atoms with van der Waals surface area (Å²) in [5.41, 5.74) is 4.16. The van der Waals surface area contributed by atoms with Gasteiger partial charge in [0.05, 0.1) is 16.4 Å². The standard InChI is InChI=1S/C21H23N5S/c1-4-8-15(3)24-21-23-12-14(2)19(26-21)17(11-22)20-25-18(13-27-20)16-9-6-5-7-10-16/h5-7,9-10,12-13,15,25H,4,8H2,1-3H3,(H,23,24,26). The molecule has 0 saturated carbocycles. The molecule has 1 aliphatic rings. The van der Waals surface area contributed by atoms with Crippen LogP contribution in [0.25, 0.3) is 11.3 Å². The number of aromatic nitrogens is 2. The molecule has 3 rings (SSSR count). The fourth-order valence-electron chi connectivity index (χ4n) is 2.88. The lowest BCUT2D eigenvalue weighted by Crippen LogP contribution is -2.17. The first-order valence-electron chi connectivity index (χ1n) is 9.06. The summed E-state index contributed by atoms with van der Waals surface area (Å²) in [6.07, 6.45) is 3.90. The maximum Gasteiger partial charge on any atom is 0.223 e. The van der Waals surface area contributed by atoms with Crippen LogP contribution in [0, 0.1) is 18.3 Å². The molecule has 0 radical (unpaired) electrons. The largest absolute Gasteiger partial charge is 0.352 e. The van der Waals surface area contributed by atoms with Crippen LogP contribution in [0.15, 0.2) is 47.0 Å². The van der Waals surface area contributed by atoms with Gasteiger partial charge < -0.3 is 10.6 Å². The number of benzene rings is 1. The summed E-state index contributed by atoms with van der Waals surface area (Å²) >= 11 is 1.51. The van der Waals surface area contributed by atoms with Crippen molar-refractivity contribution in [3.05, 3.63) is 63.8 Å². The second kappa shape index (κ2) is 8.74. The van der Waals surface area contributed by atoms with Gasteiger partial charge in [-0.3, -0.25) is 0 Å². The number of nitrogens with one attached hydrogen (secondary N) is 2. The highest BCUT2D eigenvalue weighted by molar-refractivity contribution is 8.06. The number of hydrogen-bond donors (Lipinski definition) is 2. The fourth-order valence-corrected chi connectivity index (χ4v) is 3.74. The van der Waals surface area contributed by atoms with Crippen LogP contribution in [0.1, 0.15) is 43.5 Å². The topological polar surface area (TPSA) is 73.6 Å². The van der Waals surface area contributed by atoms with E-state index < -0.39 is 0 Å². The molecule has 2 aromatic rings. The lowest BCUT2D eigenvalue weighted by atomic mass is 10.1. The first-order valence-corrected chi connectivity index (χ1v) is 9.94. The summed E-state index contributed by atoms with van der Waals surface area (Å²) in [5.74, 6) is 0.559. The fraction of sp³-hybridized carbons (Fsp3) is 0.286. The van der Waals surface area contributed by atoms with Crippen LogP contribution < -0.4 is 10.6 Å². The van der Waals surface area contributed by atoms with E-state index in [9.17, 15) is 5.26 Å². The van der Waals surface area contributed by atoms with Crippen molar-refractivity contribution in [2.75, 3.05) is 5.32 Å². The molecule has 0 aliphatic carbocycles. The van der Waals surface area contributed by atoms with Gasteiger partial charge in [0.2, 0.25) is 5.95 Å². The third kappa shape index (κ3) is 4.50. The number of allylic oxidation sites excluding steroid dienone is 1. The number of anilines is 1. The molecule has 5 nitrogen and oxygen atoms in total. The average Bonchev–Trinajstić information content (AvgIpc) is 3.15. The number of thioether (sulfide) groups is 1. The highest BCUT2D eigenvalue weighted by atomic mass is 32.2. The van der Waals surface area contributed by atoms with Crippen molar-refractivity contribution in [3.8, 4) is 6.07 Å². The third-order valence-electron chi connectivity index (χ3n) is 4.27. The quantitative estimate of drug-likeness (QED) is 0.697. The molecule has 138 valence electrons. The van der Waals surface area contributed by atoms with E-state index >= 15 is 0 Å². The molecule has 1 atom stereocenters. The van der Waals surface area contributed by atoms with E-state index in [1.807, 2.05) is 42.7 Å². The van der Waals surface area contributed by atoms with Crippen molar-refractivity contribution < 1.29 is 0 Å². The zero-order valence-electron chi connectivity index (χ0n) is 15.8. The summed E-state index contributed by atoms with van der Waals surface area (Å²) < 4.78 is 0. The molecular weight excluding hydrogens is 354 g/mol. The van der Waals surface area contributed by atoms with E-state index in [0.29, 0.717) is 17.2 Å². The van der Waals surface area contributed by atoms with Crippen molar-refractivity contribution in [1.82, 2.24) is 15.3 Å². The van der Waals surface area contributed by atoms with Gasteiger partial charge in [-0.1, -0.05) is 55.4 Å². The van der Waals surface area contributed by atoms with Crippen molar-refractivity contribution >= 4 is 29.0 Å². The molecule has 6 heteroatoms. The molecule has 0 fully saturated rings. The molecule has 27 heavy (non-hydrogen) atoms. The maximum absolute atomic E-state index is 9.81. The first-order chi connectivity index (χ1) is 13.1. The van der Waals surface area contributed by atoms with Crippen LogP contribution in [-0.4, -0.2) is 16.0 Å². The molecule has 1 aromatic carbocycles. The van der Waals surface area contributed by atoms with Gasteiger partial charge in [-0.25, -0.2) is 9.97 Å². The molecule has 2 heterocycles. The van der Waals surface area contributed by atoms with Crippen molar-refractivity contribution in [3.63, 3.8) is 0 Å². The van der Waals surface area contributed by atoms with E-state index in [4.69, 9.17) is 0 Å². The SMILES string of the molecule is CCCC(C)Nc1ncc(C)c(C(C#N)=C2NC(c3ccccc3)=CS2)n1. The molecule has 0 amide bonds. The Labute approximate surface area is 164 Å². The monoisotopic (exact) mass is 377 g/mol. The highest BCUT2D eigenvalue weighted by Gasteiger charge is 2.20. The Balaban J connectivity index is 1.88. The maximum atomic E-state index is 9.81. The van der Waals surface area contributed by atoms with E-state index in [0.717, 1.165) is 34.7 Å². The van der Waals surface area contributed by atoms with Gasteiger partial charge in [0.15, 0.2) is 0 Å². The Hall–Kier alpha value is -2.78. The summed E-state index contributed by atoms with van der Waals surface area (Å²) in [5, 5.41) is 19.3. The number of hydrogen-bond acceptors (Lipinski definition) is 6. The van der Waals surface area contributed by atoms with Crippen molar-refractivity contribution in [2.24, 2.45) is 0 Å². The average molecular weight is 378 g/mol. The smallest absolute Gasteiger partial charge is 0.223 e. The Morgan fingerprint density at radius 2 is 2.11 bits per heavy atom. The lowest BCUT2D eigenvalue weighted by molar-refractivity contribution is 0.683. The lowest BCUT2D eigenvalue weighted by Gasteiger charge is -2.14. The Bertz CT molecular complexity index is 912. The van der Waals surface area contributed by atoms with E-state index in [2.05, 4.69) is 40.5 Å². The van der Waals surface area contributed by atoms with Crippen LogP contribution in [0.3, 0.4) is 0 Å². The van der Waals surface area contributed by atoms with Crippen LogP contribution in [0.2, 0.25) is 0 Å². The molecule has 1 aromatic heterocycles. The normalized spacial score (nSPS) is 16.1. The summed E-state index contributed by atoms with van der Waals surface area (Å²) in [4.78, 5) is 9.00. The van der Waals surface area contributed by atoms with Gasteiger partial charge >= 0.3 is 0 Å². The predicted octanol–water partition coefficient (Wildman–Crippen LogP) is 4.91. The zero-order valence-corrected chi connectivity index (χ0v) is 16.6. The van der Waals surface area contributed by atoms with Crippen LogP contribution in [0.4, 0.5) is 5.95 Å². The van der Waals surface area contributed by atoms with Gasteiger partial charge in [-0.15, -0.1) is 0 Å². The molecule has 1 aliphatic heterocycles. The minimum Gasteiger partial charge on any atom is -0.352 e. The van der Waals surface area contributed by atoms with Crippen molar-refractivity contribution in [1.29, 1.82) is 5.26 Å². The first kappa shape index (κ1) is 19.0. The summed E-state index contributed by atoms with van der Waals surface area (Å²) in [6, 6.07) is 12.7. The second-order valence-corrected chi connectivity index (χ2v) is 7.40. The van der Waals surface area contributed by atoms with E-state index in [-0.39, 0.29) is 6.04 Å². The summed E-state index contributed by atoms with van der Waals surface area (Å²) in [6.45, 7) is 6.19. The highest BCUT2D eigenvalue weighted by Crippen LogP contribution is 2.35. The Kier molecular flexibility index (Phi) is 6.15. The van der Waals surface area contributed by atoms with Crippen LogP contribution >= 0.6 is 11.8 Å². The van der Waals surface area contributed by atoms with Gasteiger partial charge in [0.25, 0.3) is 0 Å². The van der Waals surface area contributed by atoms with Crippen LogP contribution in [0.5, 0.6) is 0 Å². The minimum atomic E-state index is 0.286. The molecule has 0 spiro atoms. The number of aryl methyl sites for hydroxylation is 1. The number of nitriles is 1. The molecule has 1 unspecified atom stereocenters. The van der Waals surface area contributed by atoms with Crippen molar-refractivity contribution in [2.45, 2.75) is 39.7 Å². The predicted molar refractivity (Wildman–Crippen MR) is 112 cm³/mol. The summed E-state index contributed by atoms with van der Waals surface area (Å²) in [7, 11) is 0. The Morgan fingerprint density at radius 1 is 1.33 bits per heavy atom. The van der Waals surface area contributed by atoms with Gasteiger partial charge in [-0.2, -0.15) is 5.26 Å². The number of rotatable bonds is 6. The van der Waals surface area contributed by atoms with Crippen LogP contribution in [-0.2, 0) is 0 Å². The van der Waals surface area contributed by atoms with E-state index in [1.165, 1.54) is 11.8 Å². The van der Waals surface area contributed by atoms with E-state index in [1.54, 1.807) is 6.20 Å². The van der Waals surface area contributed by atoms with Gasteiger partial charge in [0, 0.05) is 17.6 Å². The molecular formula is C21H23N5S. The number of nitrogens with zero attached hydrogens (tertiary/aromatic N) is 3.